The lowest BCUT2D eigenvalue weighted by Gasteiger charge is -2.17. The molecule has 0 bridgehead atoms. The summed E-state index contributed by atoms with van der Waals surface area (Å²) in [7, 11) is -1.61. The summed E-state index contributed by atoms with van der Waals surface area (Å²) < 4.78 is 56.5. The highest BCUT2D eigenvalue weighted by molar-refractivity contribution is 5.79. The molecule has 0 aliphatic carbocycles. The first kappa shape index (κ1) is 24.0. The molecule has 0 amide bonds. The van der Waals surface area contributed by atoms with Crippen molar-refractivity contribution in [2.75, 3.05) is 27.4 Å². The van der Waals surface area contributed by atoms with Crippen LogP contribution in [0.4, 0.5) is 0 Å². The summed E-state index contributed by atoms with van der Waals surface area (Å²) in [6.07, 6.45) is 2.48. The fourth-order valence-corrected chi connectivity index (χ4v) is 3.37. The SMILES string of the molecule is COc1ccc(-c2cc(=[NH+]CC3CCCO3)c3cc(OC)ccc3o2)cc1.[O-][Cl+3]([O-])([O-])[O-]. The number of rotatable bonds is 5. The number of hydrogen-bond acceptors (Lipinski definition) is 8. The quantitative estimate of drug-likeness (QED) is 0.435. The van der Waals surface area contributed by atoms with Gasteiger partial charge < -0.3 is 18.6 Å². The number of nitrogens with one attached hydrogen (secondary N) is 1. The molecule has 0 spiro atoms. The third-order valence-corrected chi connectivity index (χ3v) is 4.89. The van der Waals surface area contributed by atoms with Gasteiger partial charge in [0.15, 0.2) is 6.54 Å². The normalized spacial score (nSPS) is 16.6. The van der Waals surface area contributed by atoms with Crippen LogP contribution in [-0.4, -0.2) is 33.5 Å². The van der Waals surface area contributed by atoms with E-state index < -0.39 is 10.2 Å². The molecule has 2 aromatic carbocycles. The Labute approximate surface area is 186 Å². The maximum atomic E-state index is 8.49. The van der Waals surface area contributed by atoms with Crippen LogP contribution in [0, 0.1) is 10.2 Å². The molecule has 9 nitrogen and oxygen atoms in total. The van der Waals surface area contributed by atoms with Crippen molar-refractivity contribution < 1.29 is 52.5 Å². The number of ether oxygens (including phenoxy) is 3. The molecule has 1 N–H and O–H groups in total. The van der Waals surface area contributed by atoms with Gasteiger partial charge in [0.05, 0.1) is 25.7 Å². The van der Waals surface area contributed by atoms with Crippen molar-refractivity contribution >= 4 is 11.0 Å². The van der Waals surface area contributed by atoms with Gasteiger partial charge in [-0.15, -0.1) is 10.2 Å². The standard InChI is InChI=1S/C22H23NO4.ClHO4/c1-24-16-7-5-15(6-8-16)22-13-20(23-14-18-4-3-11-26-18)19-12-17(25-2)9-10-21(19)27-22;2-1(3,4)5/h5-10,12-13,18H,3-4,11,14H2,1-2H3;(H,2,3,4,5). The second-order valence-corrected chi connectivity index (χ2v) is 7.76. The number of halogens is 1. The molecule has 2 heterocycles. The minimum absolute atomic E-state index is 0.257. The van der Waals surface area contributed by atoms with Gasteiger partial charge in [0.2, 0.25) is 5.36 Å². The first-order valence-corrected chi connectivity index (χ1v) is 11.1. The van der Waals surface area contributed by atoms with Crippen molar-refractivity contribution in [3.05, 3.63) is 53.9 Å². The van der Waals surface area contributed by atoms with Gasteiger partial charge in [-0.05, 0) is 55.3 Å². The van der Waals surface area contributed by atoms with E-state index in [9.17, 15) is 0 Å². The van der Waals surface area contributed by atoms with E-state index >= 15 is 0 Å². The maximum Gasteiger partial charge on any atom is 0.213 e. The van der Waals surface area contributed by atoms with Crippen molar-refractivity contribution in [2.45, 2.75) is 18.9 Å². The van der Waals surface area contributed by atoms with Gasteiger partial charge in [-0.25, -0.2) is 23.6 Å². The molecule has 10 heteroatoms. The zero-order chi connectivity index (χ0) is 23.1. The van der Waals surface area contributed by atoms with Crippen LogP contribution in [0.3, 0.4) is 0 Å². The molecule has 1 aliphatic rings. The van der Waals surface area contributed by atoms with E-state index in [0.29, 0.717) is 0 Å². The highest BCUT2D eigenvalue weighted by Gasteiger charge is 2.18. The smallest absolute Gasteiger partial charge is 0.213 e. The third-order valence-electron chi connectivity index (χ3n) is 4.89. The number of methoxy groups -OCH3 is 2. The Morgan fingerprint density at radius 3 is 2.22 bits per heavy atom. The van der Waals surface area contributed by atoms with E-state index in [2.05, 4.69) is 4.99 Å². The molecule has 1 unspecified atom stereocenters. The molecular weight excluding hydrogens is 442 g/mol. The topological polar surface area (TPSA) is 147 Å². The fraction of sp³-hybridized carbons (Fsp3) is 0.318. The molecule has 32 heavy (non-hydrogen) atoms. The van der Waals surface area contributed by atoms with Crippen LogP contribution in [0.1, 0.15) is 12.8 Å². The number of benzene rings is 2. The summed E-state index contributed by atoms with van der Waals surface area (Å²) >= 11 is 0. The molecule has 1 saturated heterocycles. The summed E-state index contributed by atoms with van der Waals surface area (Å²) in [6.45, 7) is 1.63. The molecular formula is C22H24ClNO8. The van der Waals surface area contributed by atoms with Gasteiger partial charge in [-0.2, -0.15) is 0 Å². The van der Waals surface area contributed by atoms with Crippen molar-refractivity contribution in [1.29, 1.82) is 0 Å². The Kier molecular flexibility index (Phi) is 8.08. The fourth-order valence-electron chi connectivity index (χ4n) is 3.37. The molecule has 1 fully saturated rings. The largest absolute Gasteiger partial charge is 0.497 e. The van der Waals surface area contributed by atoms with Crippen LogP contribution in [0.5, 0.6) is 11.5 Å². The van der Waals surface area contributed by atoms with E-state index in [1.54, 1.807) is 14.2 Å². The molecule has 1 aromatic heterocycles. The first-order valence-electron chi connectivity index (χ1n) is 9.83. The van der Waals surface area contributed by atoms with Gasteiger partial charge in [0, 0.05) is 12.2 Å². The lowest BCUT2D eigenvalue weighted by molar-refractivity contribution is -2.00. The highest BCUT2D eigenvalue weighted by atomic mass is 35.7. The molecule has 0 radical (unpaired) electrons. The van der Waals surface area contributed by atoms with Gasteiger partial charge in [-0.1, -0.05) is 0 Å². The average molecular weight is 466 g/mol. The van der Waals surface area contributed by atoms with E-state index in [0.717, 1.165) is 65.1 Å². The lowest BCUT2D eigenvalue weighted by Crippen LogP contribution is -2.79. The summed E-state index contributed by atoms with van der Waals surface area (Å²) in [4.78, 5) is 3.55. The van der Waals surface area contributed by atoms with Gasteiger partial charge in [0.1, 0.15) is 28.9 Å². The predicted molar refractivity (Wildman–Crippen MR) is 103 cm³/mol. The number of hydrogen-bond donors (Lipinski definition) is 1. The average Bonchev–Trinajstić information content (AvgIpc) is 3.29. The van der Waals surface area contributed by atoms with E-state index in [4.69, 9.17) is 37.3 Å². The first-order chi connectivity index (χ1) is 15.3. The van der Waals surface area contributed by atoms with Crippen LogP contribution >= 0.6 is 0 Å². The van der Waals surface area contributed by atoms with Crippen LogP contribution in [-0.2, 0) is 4.74 Å². The minimum Gasteiger partial charge on any atom is -0.497 e. The van der Waals surface area contributed by atoms with Crippen molar-refractivity contribution in [3.8, 4) is 22.8 Å². The van der Waals surface area contributed by atoms with Crippen LogP contribution < -0.4 is 38.5 Å². The van der Waals surface area contributed by atoms with Gasteiger partial charge in [0.25, 0.3) is 0 Å². The maximum absolute atomic E-state index is 8.49. The van der Waals surface area contributed by atoms with Crippen molar-refractivity contribution in [2.24, 2.45) is 0 Å². The monoisotopic (exact) mass is 465 g/mol. The summed E-state index contributed by atoms with van der Waals surface area (Å²) in [5.41, 5.74) is 1.80. The molecule has 172 valence electrons. The van der Waals surface area contributed by atoms with Crippen LogP contribution in [0.2, 0.25) is 0 Å². The van der Waals surface area contributed by atoms with E-state index in [-0.39, 0.29) is 6.10 Å². The van der Waals surface area contributed by atoms with Crippen molar-refractivity contribution in [3.63, 3.8) is 0 Å². The van der Waals surface area contributed by atoms with Gasteiger partial charge in [-0.3, -0.25) is 0 Å². The van der Waals surface area contributed by atoms with Crippen LogP contribution in [0.15, 0.2) is 52.9 Å². The summed E-state index contributed by atoms with van der Waals surface area (Å²) in [6, 6.07) is 15.7. The molecule has 4 rings (SSSR count). The van der Waals surface area contributed by atoms with Crippen molar-refractivity contribution in [1.82, 2.24) is 0 Å². The zero-order valence-electron chi connectivity index (χ0n) is 17.7. The highest BCUT2D eigenvalue weighted by Crippen LogP contribution is 2.25. The second-order valence-electron chi connectivity index (χ2n) is 7.01. The zero-order valence-corrected chi connectivity index (χ0v) is 18.4. The number of fused-ring (bicyclic) bond motifs is 1. The van der Waals surface area contributed by atoms with E-state index in [1.807, 2.05) is 48.5 Å². The third kappa shape index (κ3) is 6.92. The Bertz CT molecular complexity index is 1080. The summed E-state index contributed by atoms with van der Waals surface area (Å²) in [5.74, 6) is 2.42. The Balaban J connectivity index is 0.000000523. The summed E-state index contributed by atoms with van der Waals surface area (Å²) in [5, 5.41) is 2.00. The Hall–Kier alpha value is -2.66. The molecule has 0 saturated carbocycles. The van der Waals surface area contributed by atoms with Crippen LogP contribution in [0.25, 0.3) is 22.3 Å². The molecule has 3 aromatic rings. The molecule has 1 atom stereocenters. The second kappa shape index (κ2) is 10.8. The predicted octanol–water partition coefficient (Wildman–Crippen LogP) is -2.48. The Morgan fingerprint density at radius 2 is 1.62 bits per heavy atom. The minimum atomic E-state index is -4.94. The van der Waals surface area contributed by atoms with E-state index in [1.165, 1.54) is 0 Å². The van der Waals surface area contributed by atoms with Gasteiger partial charge >= 0.3 is 0 Å². The Morgan fingerprint density at radius 1 is 0.969 bits per heavy atom. The lowest BCUT2D eigenvalue weighted by atomic mass is 10.1. The molecule has 1 aliphatic heterocycles.